The SMILES string of the molecule is Cc1ncc2c(N3CCC(F)(F)CC3)nc(-c3c(NS(=O)(=O)CCO)ccc(C(N)=O)c3N3CCC4(CC3)CC4)cn12. The van der Waals surface area contributed by atoms with E-state index in [4.69, 9.17) is 10.7 Å². The predicted octanol–water partition coefficient (Wildman–Crippen LogP) is 3.15. The number of hydrogen-bond donors (Lipinski definition) is 3. The number of primary amides is 1. The molecule has 1 amide bonds. The quantitative estimate of drug-likeness (QED) is 0.356. The van der Waals surface area contributed by atoms with Crippen LogP contribution >= 0.6 is 0 Å². The van der Waals surface area contributed by atoms with Crippen molar-refractivity contribution in [3.05, 3.63) is 35.9 Å². The minimum atomic E-state index is -3.96. The molecule has 1 aliphatic carbocycles. The molecular formula is C28H35F2N7O4S. The summed E-state index contributed by atoms with van der Waals surface area (Å²) >= 11 is 0. The third kappa shape index (κ3) is 5.37. The van der Waals surface area contributed by atoms with Gasteiger partial charge in [0.25, 0.3) is 11.8 Å². The number of fused-ring (bicyclic) bond motifs is 1. The fraction of sp³-hybridized carbons (Fsp3) is 0.536. The highest BCUT2D eigenvalue weighted by Gasteiger charge is 2.45. The number of anilines is 3. The number of aliphatic hydroxyl groups excluding tert-OH is 1. The number of carbonyl (C=O) groups is 1. The smallest absolute Gasteiger partial charge is 0.251 e. The number of sulfonamides is 1. The van der Waals surface area contributed by atoms with Crippen molar-refractivity contribution >= 4 is 38.6 Å². The maximum Gasteiger partial charge on any atom is 0.251 e. The van der Waals surface area contributed by atoms with Crippen LogP contribution in [-0.4, -0.2) is 78.3 Å². The number of aliphatic hydroxyl groups is 1. The molecule has 0 unspecified atom stereocenters. The van der Waals surface area contributed by atoms with Gasteiger partial charge < -0.3 is 20.6 Å². The Kier molecular flexibility index (Phi) is 7.03. The highest BCUT2D eigenvalue weighted by Crippen LogP contribution is 2.55. The number of halogens is 2. The number of aryl methyl sites for hydroxylation is 1. The van der Waals surface area contributed by atoms with Gasteiger partial charge in [0.1, 0.15) is 11.3 Å². The number of amides is 1. The Morgan fingerprint density at radius 3 is 2.36 bits per heavy atom. The van der Waals surface area contributed by atoms with Crippen molar-refractivity contribution in [2.75, 3.05) is 53.1 Å². The van der Waals surface area contributed by atoms with Crippen LogP contribution in [0.5, 0.6) is 0 Å². The molecule has 11 nitrogen and oxygen atoms in total. The van der Waals surface area contributed by atoms with Crippen molar-refractivity contribution in [2.24, 2.45) is 11.1 Å². The molecule has 2 aliphatic heterocycles. The second kappa shape index (κ2) is 10.3. The van der Waals surface area contributed by atoms with Crippen LogP contribution in [0, 0.1) is 12.3 Å². The van der Waals surface area contributed by atoms with Gasteiger partial charge >= 0.3 is 0 Å². The van der Waals surface area contributed by atoms with E-state index in [0.717, 1.165) is 12.8 Å². The number of benzene rings is 1. The summed E-state index contributed by atoms with van der Waals surface area (Å²) in [5.74, 6) is -2.87. The lowest BCUT2D eigenvalue weighted by atomic mass is 9.91. The summed E-state index contributed by atoms with van der Waals surface area (Å²) in [4.78, 5) is 26.0. The molecule has 2 saturated heterocycles. The van der Waals surface area contributed by atoms with Crippen LogP contribution in [0.15, 0.2) is 24.5 Å². The molecule has 226 valence electrons. The Labute approximate surface area is 242 Å². The maximum atomic E-state index is 14.1. The van der Waals surface area contributed by atoms with Crippen LogP contribution < -0.4 is 20.3 Å². The van der Waals surface area contributed by atoms with Gasteiger partial charge in [-0.25, -0.2) is 27.2 Å². The average Bonchev–Trinajstić information content (AvgIpc) is 3.59. The molecule has 1 aromatic carbocycles. The zero-order valence-electron chi connectivity index (χ0n) is 23.4. The first-order valence-electron chi connectivity index (χ1n) is 14.2. The van der Waals surface area contributed by atoms with E-state index < -0.39 is 34.2 Å². The van der Waals surface area contributed by atoms with Crippen molar-refractivity contribution < 1.29 is 27.1 Å². The number of nitrogens with two attached hydrogens (primary N) is 1. The molecule has 6 rings (SSSR count). The third-order valence-electron chi connectivity index (χ3n) is 8.91. The van der Waals surface area contributed by atoms with Crippen LogP contribution in [0.25, 0.3) is 16.8 Å². The number of nitrogens with one attached hydrogen (secondary N) is 1. The summed E-state index contributed by atoms with van der Waals surface area (Å²) < 4.78 is 58.3. The van der Waals surface area contributed by atoms with Crippen molar-refractivity contribution in [1.29, 1.82) is 0 Å². The van der Waals surface area contributed by atoms with Gasteiger partial charge in [-0.2, -0.15) is 0 Å². The van der Waals surface area contributed by atoms with E-state index in [2.05, 4.69) is 14.6 Å². The summed E-state index contributed by atoms with van der Waals surface area (Å²) in [5.41, 5.74) is 8.41. The number of hydrogen-bond acceptors (Lipinski definition) is 8. The van der Waals surface area contributed by atoms with E-state index in [1.54, 1.807) is 28.6 Å². The summed E-state index contributed by atoms with van der Waals surface area (Å²) in [7, 11) is -3.96. The molecule has 0 bridgehead atoms. The minimum Gasteiger partial charge on any atom is -0.395 e. The first-order valence-corrected chi connectivity index (χ1v) is 15.9. The summed E-state index contributed by atoms with van der Waals surface area (Å²) in [6.07, 6.45) is 6.95. The molecule has 1 spiro atoms. The van der Waals surface area contributed by atoms with E-state index in [-0.39, 0.29) is 37.2 Å². The number of alkyl halides is 2. The molecule has 1 saturated carbocycles. The average molecular weight is 604 g/mol. The van der Waals surface area contributed by atoms with E-state index >= 15 is 0 Å². The van der Waals surface area contributed by atoms with Gasteiger partial charge in [0.2, 0.25) is 10.0 Å². The Bertz CT molecular complexity index is 1640. The van der Waals surface area contributed by atoms with E-state index in [1.807, 2.05) is 0 Å². The lowest BCUT2D eigenvalue weighted by Crippen LogP contribution is -2.40. The highest BCUT2D eigenvalue weighted by atomic mass is 32.2. The second-order valence-corrected chi connectivity index (χ2v) is 13.6. The molecular weight excluding hydrogens is 568 g/mol. The lowest BCUT2D eigenvalue weighted by Gasteiger charge is -2.36. The molecule has 3 fully saturated rings. The van der Waals surface area contributed by atoms with Crippen LogP contribution in [0.3, 0.4) is 0 Å². The van der Waals surface area contributed by atoms with Crippen molar-refractivity contribution in [3.8, 4) is 11.3 Å². The molecule has 2 aromatic heterocycles. The van der Waals surface area contributed by atoms with Gasteiger partial charge in [0.15, 0.2) is 5.82 Å². The number of nitrogens with zero attached hydrogens (tertiary/aromatic N) is 5. The van der Waals surface area contributed by atoms with Gasteiger partial charge in [-0.1, -0.05) is 0 Å². The van der Waals surface area contributed by atoms with Gasteiger partial charge in [0, 0.05) is 45.2 Å². The molecule has 0 radical (unpaired) electrons. The first kappa shape index (κ1) is 28.6. The normalized spacial score (nSPS) is 19.8. The number of imidazole rings is 1. The zero-order chi connectivity index (χ0) is 29.9. The van der Waals surface area contributed by atoms with Crippen molar-refractivity contribution in [1.82, 2.24) is 14.4 Å². The molecule has 4 N–H and O–H groups in total. The molecule has 14 heteroatoms. The summed E-state index contributed by atoms with van der Waals surface area (Å²) in [6.45, 7) is 2.70. The third-order valence-corrected chi connectivity index (χ3v) is 10.2. The topological polar surface area (TPSA) is 146 Å². The Balaban J connectivity index is 1.57. The fourth-order valence-corrected chi connectivity index (χ4v) is 7.03. The van der Waals surface area contributed by atoms with Crippen LogP contribution in [0.1, 0.15) is 54.7 Å². The maximum absolute atomic E-state index is 14.1. The minimum absolute atomic E-state index is 0.0850. The van der Waals surface area contributed by atoms with E-state index in [1.165, 1.54) is 25.0 Å². The molecule has 3 aromatic rings. The van der Waals surface area contributed by atoms with Crippen LogP contribution in [0.4, 0.5) is 26.0 Å². The van der Waals surface area contributed by atoms with Gasteiger partial charge in [-0.15, -0.1) is 0 Å². The molecule has 0 atom stereocenters. The molecule has 4 heterocycles. The number of aromatic nitrogens is 3. The predicted molar refractivity (Wildman–Crippen MR) is 156 cm³/mol. The van der Waals surface area contributed by atoms with E-state index in [0.29, 0.717) is 52.6 Å². The van der Waals surface area contributed by atoms with E-state index in [9.17, 15) is 27.1 Å². The Hall–Kier alpha value is -3.52. The lowest BCUT2D eigenvalue weighted by molar-refractivity contribution is -0.0221. The molecule has 3 aliphatic rings. The van der Waals surface area contributed by atoms with Gasteiger partial charge in [-0.05, 0) is 50.2 Å². The number of rotatable bonds is 8. The van der Waals surface area contributed by atoms with Crippen LogP contribution in [-0.2, 0) is 10.0 Å². The van der Waals surface area contributed by atoms with Crippen LogP contribution in [0.2, 0.25) is 0 Å². The Morgan fingerprint density at radius 2 is 1.74 bits per heavy atom. The second-order valence-electron chi connectivity index (χ2n) is 11.7. The van der Waals surface area contributed by atoms with Gasteiger partial charge in [-0.3, -0.25) is 13.9 Å². The standard InChI is InChI=1S/C28H35F2N7O4S/c1-18-32-16-22-26(36-12-8-28(29,30)9-13-36)33-21(17-37(18)22)23-20(34-42(40,41)15-14-38)3-2-19(25(31)39)24(23)35-10-6-27(4-5-27)7-11-35/h2-3,16-17,34,38H,4-15H2,1H3,(H2,31,39). The Morgan fingerprint density at radius 1 is 1.07 bits per heavy atom. The molecule has 42 heavy (non-hydrogen) atoms. The fourth-order valence-electron chi connectivity index (χ4n) is 6.19. The van der Waals surface area contributed by atoms with Crippen molar-refractivity contribution in [2.45, 2.75) is 51.4 Å². The highest BCUT2D eigenvalue weighted by molar-refractivity contribution is 7.92. The number of piperidine rings is 2. The zero-order valence-corrected chi connectivity index (χ0v) is 24.3. The number of carbonyl (C=O) groups excluding carboxylic acids is 1. The summed E-state index contributed by atoms with van der Waals surface area (Å²) in [5, 5.41) is 9.37. The monoisotopic (exact) mass is 603 g/mol. The first-order chi connectivity index (χ1) is 19.9. The van der Waals surface area contributed by atoms with Gasteiger partial charge in [0.05, 0.1) is 46.8 Å². The summed E-state index contributed by atoms with van der Waals surface area (Å²) in [6, 6.07) is 2.99. The van der Waals surface area contributed by atoms with Crippen molar-refractivity contribution in [3.63, 3.8) is 0 Å². The largest absolute Gasteiger partial charge is 0.395 e.